The van der Waals surface area contributed by atoms with Gasteiger partial charge < -0.3 is 5.32 Å². The summed E-state index contributed by atoms with van der Waals surface area (Å²) in [4.78, 5) is 12.4. The lowest BCUT2D eigenvalue weighted by Gasteiger charge is -2.17. The molecular formula is C17H17ClF2N2O3S. The largest absolute Gasteiger partial charge is 0.345 e. The van der Waals surface area contributed by atoms with Crippen LogP contribution in [0, 0.1) is 11.6 Å². The maximum atomic E-state index is 13.8. The van der Waals surface area contributed by atoms with E-state index in [0.29, 0.717) is 0 Å². The van der Waals surface area contributed by atoms with E-state index in [1.807, 2.05) is 0 Å². The molecule has 9 heteroatoms. The summed E-state index contributed by atoms with van der Waals surface area (Å²) in [6, 6.07) is 5.77. The predicted octanol–water partition coefficient (Wildman–Crippen LogP) is 3.36. The molecule has 1 atom stereocenters. The molecule has 2 aromatic rings. The van der Waals surface area contributed by atoms with Crippen LogP contribution < -0.4 is 5.32 Å². The first-order valence-corrected chi connectivity index (χ1v) is 9.33. The highest BCUT2D eigenvalue weighted by Crippen LogP contribution is 2.24. The van der Waals surface area contributed by atoms with Gasteiger partial charge in [-0.2, -0.15) is 0 Å². The summed E-state index contributed by atoms with van der Waals surface area (Å²) in [7, 11) is -1.04. The zero-order valence-electron chi connectivity index (χ0n) is 14.3. The number of rotatable bonds is 5. The molecule has 5 nitrogen and oxygen atoms in total. The number of hydrogen-bond donors (Lipinski definition) is 1. The van der Waals surface area contributed by atoms with Gasteiger partial charge >= 0.3 is 0 Å². The Bertz CT molecular complexity index is 949. The number of carbonyl (C=O) groups excluding carboxylic acids is 1. The highest BCUT2D eigenvalue weighted by molar-refractivity contribution is 7.89. The van der Waals surface area contributed by atoms with E-state index >= 15 is 0 Å². The molecule has 0 aromatic heterocycles. The van der Waals surface area contributed by atoms with E-state index in [9.17, 15) is 22.0 Å². The summed E-state index contributed by atoms with van der Waals surface area (Å²) in [5.74, 6) is -2.02. The molecule has 2 aromatic carbocycles. The molecule has 0 saturated heterocycles. The second-order valence-corrected chi connectivity index (χ2v) is 8.35. The molecule has 0 aliphatic carbocycles. The van der Waals surface area contributed by atoms with Crippen LogP contribution in [0.25, 0.3) is 0 Å². The molecule has 26 heavy (non-hydrogen) atoms. The summed E-state index contributed by atoms with van der Waals surface area (Å²) in [5, 5.41) is 2.53. The number of carbonyl (C=O) groups is 1. The Balaban J connectivity index is 2.34. The van der Waals surface area contributed by atoms with Gasteiger partial charge in [0.25, 0.3) is 5.91 Å². The van der Waals surface area contributed by atoms with Crippen molar-refractivity contribution in [2.75, 3.05) is 14.1 Å². The predicted molar refractivity (Wildman–Crippen MR) is 94.6 cm³/mol. The van der Waals surface area contributed by atoms with Crippen molar-refractivity contribution in [1.82, 2.24) is 9.62 Å². The smallest absolute Gasteiger partial charge is 0.253 e. The van der Waals surface area contributed by atoms with Crippen LogP contribution in [0.2, 0.25) is 5.02 Å². The number of benzene rings is 2. The van der Waals surface area contributed by atoms with E-state index in [-0.39, 0.29) is 21.0 Å². The maximum Gasteiger partial charge on any atom is 0.253 e. The number of hydrogen-bond acceptors (Lipinski definition) is 3. The SMILES string of the molecule is CC(NC(=O)c1cc(S(=O)(=O)N(C)C)ccc1Cl)c1cc(F)ccc1F. The number of halogens is 3. The molecule has 0 bridgehead atoms. The lowest BCUT2D eigenvalue weighted by molar-refractivity contribution is 0.0939. The third kappa shape index (κ3) is 4.20. The Kier molecular flexibility index (Phi) is 6.00. The first-order valence-electron chi connectivity index (χ1n) is 7.52. The summed E-state index contributed by atoms with van der Waals surface area (Å²) in [5.41, 5.74) is -0.121. The highest BCUT2D eigenvalue weighted by Gasteiger charge is 2.22. The molecule has 0 fully saturated rings. The Morgan fingerprint density at radius 3 is 2.42 bits per heavy atom. The molecule has 0 aliphatic heterocycles. The lowest BCUT2D eigenvalue weighted by atomic mass is 10.1. The maximum absolute atomic E-state index is 13.8. The van der Waals surface area contributed by atoms with Gasteiger partial charge in [0.1, 0.15) is 11.6 Å². The Labute approximate surface area is 155 Å². The second kappa shape index (κ2) is 7.69. The molecule has 1 amide bonds. The minimum Gasteiger partial charge on any atom is -0.345 e. The van der Waals surface area contributed by atoms with E-state index in [1.165, 1.54) is 33.2 Å². The van der Waals surface area contributed by atoms with Crippen molar-refractivity contribution in [3.63, 3.8) is 0 Å². The van der Waals surface area contributed by atoms with Crippen LogP contribution in [0.1, 0.15) is 28.9 Å². The van der Waals surface area contributed by atoms with Crippen LogP contribution in [0.5, 0.6) is 0 Å². The molecule has 1 N–H and O–H groups in total. The van der Waals surface area contributed by atoms with Crippen LogP contribution in [0.3, 0.4) is 0 Å². The van der Waals surface area contributed by atoms with Crippen LogP contribution in [-0.2, 0) is 10.0 Å². The summed E-state index contributed by atoms with van der Waals surface area (Å²) >= 11 is 6.00. The Hall–Kier alpha value is -2.03. The quantitative estimate of drug-likeness (QED) is 0.833. The van der Waals surface area contributed by atoms with Gasteiger partial charge in [-0.1, -0.05) is 11.6 Å². The van der Waals surface area contributed by atoms with Crippen LogP contribution >= 0.6 is 11.6 Å². The third-order valence-corrected chi connectivity index (χ3v) is 5.87. The second-order valence-electron chi connectivity index (χ2n) is 5.79. The van der Waals surface area contributed by atoms with Gasteiger partial charge in [-0.3, -0.25) is 4.79 Å². The summed E-state index contributed by atoms with van der Waals surface area (Å²) in [6.07, 6.45) is 0. The minimum atomic E-state index is -3.76. The zero-order valence-corrected chi connectivity index (χ0v) is 15.8. The average molecular weight is 403 g/mol. The number of amides is 1. The molecule has 140 valence electrons. The molecule has 0 aliphatic rings. The van der Waals surface area contributed by atoms with Crippen molar-refractivity contribution in [3.8, 4) is 0 Å². The summed E-state index contributed by atoms with van der Waals surface area (Å²) in [6.45, 7) is 1.48. The highest BCUT2D eigenvalue weighted by atomic mass is 35.5. The van der Waals surface area contributed by atoms with Crippen molar-refractivity contribution < 1.29 is 22.0 Å². The average Bonchev–Trinajstić information content (AvgIpc) is 2.56. The van der Waals surface area contributed by atoms with Crippen LogP contribution in [0.15, 0.2) is 41.3 Å². The third-order valence-electron chi connectivity index (χ3n) is 3.73. The van der Waals surface area contributed by atoms with Gasteiger partial charge in [0.2, 0.25) is 10.0 Å². The minimum absolute atomic E-state index is 0.0344. The van der Waals surface area contributed by atoms with Gasteiger partial charge in [-0.25, -0.2) is 21.5 Å². The lowest BCUT2D eigenvalue weighted by Crippen LogP contribution is -2.28. The zero-order chi connectivity index (χ0) is 19.6. The molecule has 0 heterocycles. The standard InChI is InChI=1S/C17H17ClF2N2O3S/c1-10(13-8-11(19)4-7-16(13)20)21-17(23)14-9-12(5-6-15(14)18)26(24,25)22(2)3/h4-10H,1-3H3,(H,21,23). The van der Waals surface area contributed by atoms with E-state index in [1.54, 1.807) is 0 Å². The molecule has 1 unspecified atom stereocenters. The molecular weight excluding hydrogens is 386 g/mol. The van der Waals surface area contributed by atoms with Crippen molar-refractivity contribution in [3.05, 3.63) is 64.2 Å². The number of nitrogens with one attached hydrogen (secondary N) is 1. The van der Waals surface area contributed by atoms with Crippen LogP contribution in [0.4, 0.5) is 8.78 Å². The fraction of sp³-hybridized carbons (Fsp3) is 0.235. The van der Waals surface area contributed by atoms with Crippen LogP contribution in [-0.4, -0.2) is 32.7 Å². The first-order chi connectivity index (χ1) is 12.0. The number of sulfonamides is 1. The van der Waals surface area contributed by atoms with Gasteiger partial charge in [-0.05, 0) is 43.3 Å². The van der Waals surface area contributed by atoms with Crippen molar-refractivity contribution in [1.29, 1.82) is 0 Å². The van der Waals surface area contributed by atoms with E-state index in [4.69, 9.17) is 11.6 Å². The fourth-order valence-corrected chi connectivity index (χ4v) is 3.38. The molecule has 0 spiro atoms. The number of nitrogens with zero attached hydrogens (tertiary/aromatic N) is 1. The monoisotopic (exact) mass is 402 g/mol. The first kappa shape index (κ1) is 20.3. The Morgan fingerprint density at radius 2 is 1.81 bits per heavy atom. The van der Waals surface area contributed by atoms with Gasteiger partial charge in [0.05, 0.1) is 21.5 Å². The normalized spacial score (nSPS) is 12.9. The fourth-order valence-electron chi connectivity index (χ4n) is 2.25. The van der Waals surface area contributed by atoms with Crippen molar-refractivity contribution in [2.45, 2.75) is 17.9 Å². The molecule has 2 rings (SSSR count). The summed E-state index contributed by atoms with van der Waals surface area (Å²) < 4.78 is 52.6. The van der Waals surface area contributed by atoms with Gasteiger partial charge in [0, 0.05) is 19.7 Å². The van der Waals surface area contributed by atoms with Crippen molar-refractivity contribution in [2.24, 2.45) is 0 Å². The van der Waals surface area contributed by atoms with Gasteiger partial charge in [0.15, 0.2) is 0 Å². The Morgan fingerprint density at radius 1 is 1.15 bits per heavy atom. The van der Waals surface area contributed by atoms with E-state index in [2.05, 4.69) is 5.32 Å². The molecule has 0 saturated carbocycles. The van der Waals surface area contributed by atoms with E-state index in [0.717, 1.165) is 28.6 Å². The molecule has 0 radical (unpaired) electrons. The van der Waals surface area contributed by atoms with Crippen molar-refractivity contribution >= 4 is 27.5 Å². The van der Waals surface area contributed by atoms with E-state index < -0.39 is 33.6 Å². The topological polar surface area (TPSA) is 66.5 Å². The van der Waals surface area contributed by atoms with Gasteiger partial charge in [-0.15, -0.1) is 0 Å².